The average Bonchev–Trinajstić information content (AvgIpc) is 3.18. The van der Waals surface area contributed by atoms with Crippen molar-refractivity contribution in [1.82, 2.24) is 4.90 Å². The van der Waals surface area contributed by atoms with E-state index in [-0.39, 0.29) is 18.4 Å². The SMILES string of the molecule is Cc1cccc(NC(=O)CNc2cccc(C(=O)N3CCCC3)c2)c1C. The Hall–Kier alpha value is -2.82. The highest BCUT2D eigenvalue weighted by atomic mass is 16.2. The highest BCUT2D eigenvalue weighted by Gasteiger charge is 2.19. The van der Waals surface area contributed by atoms with Crippen LogP contribution < -0.4 is 10.6 Å². The van der Waals surface area contributed by atoms with Crippen molar-refractivity contribution < 1.29 is 9.59 Å². The fourth-order valence-electron chi connectivity index (χ4n) is 3.13. The molecule has 0 unspecified atom stereocenters. The zero-order chi connectivity index (χ0) is 18.5. The maximum atomic E-state index is 12.5. The second-order valence-electron chi connectivity index (χ2n) is 6.73. The van der Waals surface area contributed by atoms with Gasteiger partial charge in [0, 0.05) is 30.0 Å². The number of aryl methyl sites for hydroxylation is 1. The maximum Gasteiger partial charge on any atom is 0.253 e. The second kappa shape index (κ2) is 8.04. The molecule has 1 aliphatic heterocycles. The first-order valence-corrected chi connectivity index (χ1v) is 9.04. The number of rotatable bonds is 5. The van der Waals surface area contributed by atoms with E-state index in [1.165, 1.54) is 0 Å². The minimum absolute atomic E-state index is 0.0611. The number of hydrogen-bond acceptors (Lipinski definition) is 3. The second-order valence-corrected chi connectivity index (χ2v) is 6.73. The first-order valence-electron chi connectivity index (χ1n) is 9.04. The molecule has 1 fully saturated rings. The molecule has 0 spiro atoms. The smallest absolute Gasteiger partial charge is 0.253 e. The normalized spacial score (nSPS) is 13.5. The molecule has 5 nitrogen and oxygen atoms in total. The molecule has 2 aromatic carbocycles. The first-order chi connectivity index (χ1) is 12.5. The molecule has 136 valence electrons. The fourth-order valence-corrected chi connectivity index (χ4v) is 3.13. The van der Waals surface area contributed by atoms with Gasteiger partial charge in [-0.05, 0) is 62.1 Å². The third-order valence-electron chi connectivity index (χ3n) is 4.83. The Labute approximate surface area is 154 Å². The van der Waals surface area contributed by atoms with Crippen LogP contribution in [0.5, 0.6) is 0 Å². The molecular weight excluding hydrogens is 326 g/mol. The number of carbonyl (C=O) groups is 2. The Morgan fingerprint density at radius 3 is 2.54 bits per heavy atom. The van der Waals surface area contributed by atoms with Crippen LogP contribution in [0.3, 0.4) is 0 Å². The molecule has 0 atom stereocenters. The summed E-state index contributed by atoms with van der Waals surface area (Å²) in [6, 6.07) is 13.2. The standard InChI is InChI=1S/C21H25N3O2/c1-15-7-5-10-19(16(15)2)23-20(25)14-22-18-9-6-8-17(13-18)21(26)24-11-3-4-12-24/h5-10,13,22H,3-4,11-12,14H2,1-2H3,(H,23,25). The van der Waals surface area contributed by atoms with Crippen molar-refractivity contribution in [2.45, 2.75) is 26.7 Å². The van der Waals surface area contributed by atoms with Gasteiger partial charge in [0.15, 0.2) is 0 Å². The predicted octanol–water partition coefficient (Wildman–Crippen LogP) is 3.59. The van der Waals surface area contributed by atoms with Gasteiger partial charge in [-0.2, -0.15) is 0 Å². The highest BCUT2D eigenvalue weighted by molar-refractivity contribution is 5.96. The lowest BCUT2D eigenvalue weighted by molar-refractivity contribution is -0.114. The number of benzene rings is 2. The van der Waals surface area contributed by atoms with Gasteiger partial charge in [0.1, 0.15) is 0 Å². The number of nitrogens with zero attached hydrogens (tertiary/aromatic N) is 1. The number of carbonyl (C=O) groups excluding carboxylic acids is 2. The van der Waals surface area contributed by atoms with E-state index in [1.54, 1.807) is 0 Å². The van der Waals surface area contributed by atoms with Gasteiger partial charge < -0.3 is 15.5 Å². The van der Waals surface area contributed by atoms with E-state index in [2.05, 4.69) is 10.6 Å². The molecule has 0 bridgehead atoms. The van der Waals surface area contributed by atoms with E-state index in [1.807, 2.05) is 61.2 Å². The molecule has 5 heteroatoms. The zero-order valence-electron chi connectivity index (χ0n) is 15.3. The van der Waals surface area contributed by atoms with Gasteiger partial charge in [-0.1, -0.05) is 18.2 Å². The van der Waals surface area contributed by atoms with Crippen LogP contribution in [-0.4, -0.2) is 36.3 Å². The Morgan fingerprint density at radius 2 is 1.77 bits per heavy atom. The van der Waals surface area contributed by atoms with Crippen LogP contribution in [0.2, 0.25) is 0 Å². The van der Waals surface area contributed by atoms with E-state index >= 15 is 0 Å². The summed E-state index contributed by atoms with van der Waals surface area (Å²) in [4.78, 5) is 26.6. The molecule has 2 amide bonds. The van der Waals surface area contributed by atoms with E-state index in [0.29, 0.717) is 5.56 Å². The van der Waals surface area contributed by atoms with Crippen molar-refractivity contribution in [3.8, 4) is 0 Å². The van der Waals surface area contributed by atoms with Gasteiger partial charge in [0.2, 0.25) is 5.91 Å². The Balaban J connectivity index is 1.59. The van der Waals surface area contributed by atoms with Gasteiger partial charge in [-0.15, -0.1) is 0 Å². The monoisotopic (exact) mass is 351 g/mol. The molecule has 1 aliphatic rings. The van der Waals surface area contributed by atoms with Gasteiger partial charge in [-0.3, -0.25) is 9.59 Å². The summed E-state index contributed by atoms with van der Waals surface area (Å²) >= 11 is 0. The summed E-state index contributed by atoms with van der Waals surface area (Å²) in [6.07, 6.45) is 2.14. The Bertz CT molecular complexity index is 811. The molecular formula is C21H25N3O2. The Morgan fingerprint density at radius 1 is 1.04 bits per heavy atom. The molecule has 2 aromatic rings. The number of nitrogens with one attached hydrogen (secondary N) is 2. The van der Waals surface area contributed by atoms with Gasteiger partial charge >= 0.3 is 0 Å². The largest absolute Gasteiger partial charge is 0.376 e. The highest BCUT2D eigenvalue weighted by Crippen LogP contribution is 2.18. The number of hydrogen-bond donors (Lipinski definition) is 2. The molecule has 26 heavy (non-hydrogen) atoms. The fraction of sp³-hybridized carbons (Fsp3) is 0.333. The summed E-state index contributed by atoms with van der Waals surface area (Å²) in [7, 11) is 0. The Kier molecular flexibility index (Phi) is 5.56. The van der Waals surface area contributed by atoms with Crippen LogP contribution in [0.1, 0.15) is 34.3 Å². The van der Waals surface area contributed by atoms with Crippen LogP contribution in [0.4, 0.5) is 11.4 Å². The average molecular weight is 351 g/mol. The van der Waals surface area contributed by atoms with Crippen molar-refractivity contribution in [1.29, 1.82) is 0 Å². The minimum Gasteiger partial charge on any atom is -0.376 e. The van der Waals surface area contributed by atoms with Crippen LogP contribution in [0, 0.1) is 13.8 Å². The molecule has 0 aliphatic carbocycles. The summed E-state index contributed by atoms with van der Waals surface area (Å²) in [5, 5.41) is 6.03. The predicted molar refractivity (Wildman–Crippen MR) is 105 cm³/mol. The summed E-state index contributed by atoms with van der Waals surface area (Å²) < 4.78 is 0. The van der Waals surface area contributed by atoms with E-state index in [4.69, 9.17) is 0 Å². The van der Waals surface area contributed by atoms with E-state index < -0.39 is 0 Å². The van der Waals surface area contributed by atoms with E-state index in [9.17, 15) is 9.59 Å². The zero-order valence-corrected chi connectivity index (χ0v) is 15.3. The third kappa shape index (κ3) is 4.23. The summed E-state index contributed by atoms with van der Waals surface area (Å²) in [5.74, 6) is -0.0547. The minimum atomic E-state index is -0.116. The van der Waals surface area contributed by atoms with Crippen molar-refractivity contribution in [3.05, 3.63) is 59.2 Å². The van der Waals surface area contributed by atoms with Crippen molar-refractivity contribution >= 4 is 23.2 Å². The summed E-state index contributed by atoms with van der Waals surface area (Å²) in [5.41, 5.74) is 4.47. The quantitative estimate of drug-likeness (QED) is 0.865. The third-order valence-corrected chi connectivity index (χ3v) is 4.83. The lowest BCUT2D eigenvalue weighted by Crippen LogP contribution is -2.27. The maximum absolute atomic E-state index is 12.5. The molecule has 3 rings (SSSR count). The van der Waals surface area contributed by atoms with Crippen molar-refractivity contribution in [2.75, 3.05) is 30.3 Å². The van der Waals surface area contributed by atoms with Gasteiger partial charge in [0.05, 0.1) is 6.54 Å². The first kappa shape index (κ1) is 18.0. The van der Waals surface area contributed by atoms with Crippen molar-refractivity contribution in [2.24, 2.45) is 0 Å². The lowest BCUT2D eigenvalue weighted by atomic mass is 10.1. The molecule has 2 N–H and O–H groups in total. The topological polar surface area (TPSA) is 61.4 Å². The number of likely N-dealkylation sites (tertiary alicyclic amines) is 1. The van der Waals surface area contributed by atoms with Crippen LogP contribution in [0.25, 0.3) is 0 Å². The summed E-state index contributed by atoms with van der Waals surface area (Å²) in [6.45, 7) is 5.82. The van der Waals surface area contributed by atoms with Gasteiger partial charge in [-0.25, -0.2) is 0 Å². The molecule has 1 heterocycles. The number of amides is 2. The van der Waals surface area contributed by atoms with E-state index in [0.717, 1.165) is 48.4 Å². The van der Waals surface area contributed by atoms with Crippen LogP contribution in [-0.2, 0) is 4.79 Å². The van der Waals surface area contributed by atoms with Crippen molar-refractivity contribution in [3.63, 3.8) is 0 Å². The van der Waals surface area contributed by atoms with Crippen LogP contribution in [0.15, 0.2) is 42.5 Å². The molecule has 0 saturated carbocycles. The molecule has 0 aromatic heterocycles. The molecule has 1 saturated heterocycles. The van der Waals surface area contributed by atoms with Gasteiger partial charge in [0.25, 0.3) is 5.91 Å². The number of anilines is 2. The molecule has 0 radical (unpaired) electrons. The van der Waals surface area contributed by atoms with Crippen LogP contribution >= 0.6 is 0 Å². The lowest BCUT2D eigenvalue weighted by Gasteiger charge is -2.16.